The van der Waals surface area contributed by atoms with Crippen molar-refractivity contribution in [3.63, 3.8) is 0 Å². The standard InChI is InChI=1S/C21H24O7S/c1-24-13-6-7-14-16(10-13)28-20(19(23)21(14)29-11-18(22)27-4)12-5-8-15(25-2)17(9-12)26-3/h5-10,19-21,23H,11H2,1-4H3/t19-,20-,21+/m0/s1. The maximum atomic E-state index is 11.7. The molecule has 0 unspecified atom stereocenters. The van der Waals surface area contributed by atoms with Crippen molar-refractivity contribution < 1.29 is 33.6 Å². The predicted octanol–water partition coefficient (Wildman–Crippen LogP) is 3.15. The summed E-state index contributed by atoms with van der Waals surface area (Å²) < 4.78 is 26.9. The molecule has 0 radical (unpaired) electrons. The molecule has 0 saturated carbocycles. The largest absolute Gasteiger partial charge is 0.497 e. The topological polar surface area (TPSA) is 83.5 Å². The third kappa shape index (κ3) is 4.38. The third-order valence-corrected chi connectivity index (χ3v) is 6.04. The van der Waals surface area contributed by atoms with Gasteiger partial charge in [-0.05, 0) is 23.8 Å². The first-order chi connectivity index (χ1) is 14.0. The molecule has 8 heteroatoms. The van der Waals surface area contributed by atoms with Gasteiger partial charge in [-0.2, -0.15) is 0 Å². The lowest BCUT2D eigenvalue weighted by molar-refractivity contribution is -0.137. The molecule has 29 heavy (non-hydrogen) atoms. The number of thioether (sulfide) groups is 1. The molecule has 0 spiro atoms. The first-order valence-corrected chi connectivity index (χ1v) is 10.00. The SMILES string of the molecule is COC(=O)CS[C@@H]1c2ccc(OC)cc2O[C@@H](c2ccc(OC)c(OC)c2)[C@@H]1O. The number of hydrogen-bond acceptors (Lipinski definition) is 8. The van der Waals surface area contributed by atoms with Crippen LogP contribution in [0, 0.1) is 0 Å². The zero-order chi connectivity index (χ0) is 21.0. The van der Waals surface area contributed by atoms with Gasteiger partial charge in [-0.15, -0.1) is 11.8 Å². The second-order valence-electron chi connectivity index (χ2n) is 6.35. The molecule has 2 aromatic rings. The summed E-state index contributed by atoms with van der Waals surface area (Å²) in [5, 5.41) is 10.7. The van der Waals surface area contributed by atoms with Crippen LogP contribution < -0.4 is 18.9 Å². The molecule has 0 bridgehead atoms. The minimum Gasteiger partial charge on any atom is -0.497 e. The Morgan fingerprint density at radius 2 is 1.79 bits per heavy atom. The molecule has 1 aliphatic heterocycles. The van der Waals surface area contributed by atoms with E-state index in [0.717, 1.165) is 11.1 Å². The smallest absolute Gasteiger partial charge is 0.315 e. The van der Waals surface area contributed by atoms with E-state index in [4.69, 9.17) is 23.7 Å². The van der Waals surface area contributed by atoms with Crippen molar-refractivity contribution in [1.29, 1.82) is 0 Å². The average Bonchev–Trinajstić information content (AvgIpc) is 2.76. The summed E-state index contributed by atoms with van der Waals surface area (Å²) in [6.45, 7) is 0. The number of aliphatic hydroxyl groups is 1. The Hall–Kier alpha value is -2.58. The Morgan fingerprint density at radius 1 is 1.03 bits per heavy atom. The van der Waals surface area contributed by atoms with Gasteiger partial charge in [0, 0.05) is 11.6 Å². The monoisotopic (exact) mass is 420 g/mol. The molecule has 3 atom stereocenters. The first-order valence-electron chi connectivity index (χ1n) is 8.95. The van der Waals surface area contributed by atoms with Crippen LogP contribution in [0.25, 0.3) is 0 Å². The number of carbonyl (C=O) groups excluding carboxylic acids is 1. The molecule has 1 N–H and O–H groups in total. The number of methoxy groups -OCH3 is 4. The highest BCUT2D eigenvalue weighted by atomic mass is 32.2. The third-order valence-electron chi connectivity index (χ3n) is 4.75. The van der Waals surface area contributed by atoms with Crippen LogP contribution in [0.3, 0.4) is 0 Å². The first kappa shape index (κ1) is 21.1. The highest BCUT2D eigenvalue weighted by Crippen LogP contribution is 2.49. The minimum absolute atomic E-state index is 0.113. The average molecular weight is 420 g/mol. The van der Waals surface area contributed by atoms with Crippen LogP contribution in [0.4, 0.5) is 0 Å². The lowest BCUT2D eigenvalue weighted by atomic mass is 9.94. The normalized spacial score (nSPS) is 20.2. The summed E-state index contributed by atoms with van der Waals surface area (Å²) in [6, 6.07) is 10.8. The van der Waals surface area contributed by atoms with Crippen molar-refractivity contribution >= 4 is 17.7 Å². The van der Waals surface area contributed by atoms with Crippen LogP contribution in [-0.4, -0.2) is 51.4 Å². The maximum Gasteiger partial charge on any atom is 0.315 e. The second kappa shape index (κ2) is 9.28. The fourth-order valence-corrected chi connectivity index (χ4v) is 4.38. The van der Waals surface area contributed by atoms with Crippen LogP contribution in [0.2, 0.25) is 0 Å². The molecule has 156 valence electrons. The molecule has 0 fully saturated rings. The van der Waals surface area contributed by atoms with E-state index >= 15 is 0 Å². The Morgan fingerprint density at radius 3 is 2.45 bits per heavy atom. The van der Waals surface area contributed by atoms with Gasteiger partial charge in [0.15, 0.2) is 17.6 Å². The molecule has 0 aliphatic carbocycles. The molecule has 0 saturated heterocycles. The lowest BCUT2D eigenvalue weighted by Crippen LogP contribution is -2.33. The van der Waals surface area contributed by atoms with E-state index in [1.54, 1.807) is 45.6 Å². The Labute approximate surface area is 173 Å². The van der Waals surface area contributed by atoms with Crippen molar-refractivity contribution in [1.82, 2.24) is 0 Å². The van der Waals surface area contributed by atoms with Gasteiger partial charge in [-0.25, -0.2) is 0 Å². The van der Waals surface area contributed by atoms with Crippen molar-refractivity contribution in [2.45, 2.75) is 17.5 Å². The van der Waals surface area contributed by atoms with Gasteiger partial charge in [-0.3, -0.25) is 4.79 Å². The fraction of sp³-hybridized carbons (Fsp3) is 0.381. The van der Waals surface area contributed by atoms with E-state index in [0.29, 0.717) is 23.0 Å². The summed E-state index contributed by atoms with van der Waals surface area (Å²) >= 11 is 1.31. The van der Waals surface area contributed by atoms with Crippen LogP contribution in [0.15, 0.2) is 36.4 Å². The van der Waals surface area contributed by atoms with E-state index in [2.05, 4.69) is 0 Å². The van der Waals surface area contributed by atoms with Gasteiger partial charge in [0.25, 0.3) is 0 Å². The van der Waals surface area contributed by atoms with E-state index in [1.165, 1.54) is 18.9 Å². The maximum absolute atomic E-state index is 11.7. The number of hydrogen-bond donors (Lipinski definition) is 1. The Balaban J connectivity index is 1.99. The number of rotatable bonds is 7. The summed E-state index contributed by atoms with van der Waals surface area (Å²) in [5.74, 6) is 2.12. The molecule has 7 nitrogen and oxygen atoms in total. The highest BCUT2D eigenvalue weighted by Gasteiger charge is 2.39. The van der Waals surface area contributed by atoms with Crippen LogP contribution in [-0.2, 0) is 9.53 Å². The van der Waals surface area contributed by atoms with Crippen molar-refractivity contribution in [3.8, 4) is 23.0 Å². The van der Waals surface area contributed by atoms with Crippen LogP contribution >= 0.6 is 11.8 Å². The Bertz CT molecular complexity index is 870. The van der Waals surface area contributed by atoms with Gasteiger partial charge >= 0.3 is 5.97 Å². The molecular formula is C21H24O7S. The predicted molar refractivity (Wildman–Crippen MR) is 109 cm³/mol. The van der Waals surface area contributed by atoms with E-state index in [1.807, 2.05) is 12.1 Å². The zero-order valence-electron chi connectivity index (χ0n) is 16.7. The van der Waals surface area contributed by atoms with Crippen molar-refractivity contribution in [2.24, 2.45) is 0 Å². The number of carbonyl (C=O) groups is 1. The highest BCUT2D eigenvalue weighted by molar-refractivity contribution is 8.00. The van der Waals surface area contributed by atoms with E-state index in [9.17, 15) is 9.90 Å². The number of esters is 1. The number of ether oxygens (including phenoxy) is 5. The quantitative estimate of drug-likeness (QED) is 0.684. The molecular weight excluding hydrogens is 396 g/mol. The number of aliphatic hydroxyl groups excluding tert-OH is 1. The lowest BCUT2D eigenvalue weighted by Gasteiger charge is -2.37. The summed E-state index contributed by atoms with van der Waals surface area (Å²) in [5.41, 5.74) is 1.52. The molecule has 1 aliphatic rings. The number of fused-ring (bicyclic) bond motifs is 1. The van der Waals surface area contributed by atoms with E-state index in [-0.39, 0.29) is 17.0 Å². The molecule has 3 rings (SSSR count). The Kier molecular flexibility index (Phi) is 6.76. The molecule has 2 aromatic carbocycles. The minimum atomic E-state index is -0.899. The zero-order valence-corrected chi connectivity index (χ0v) is 17.5. The summed E-state index contributed by atoms with van der Waals surface area (Å²) in [7, 11) is 6.03. The number of benzene rings is 2. The molecule has 1 heterocycles. The van der Waals surface area contributed by atoms with Gasteiger partial charge in [0.2, 0.25) is 0 Å². The molecule has 0 aromatic heterocycles. The summed E-state index contributed by atoms with van der Waals surface area (Å²) in [4.78, 5) is 11.7. The van der Waals surface area contributed by atoms with Crippen molar-refractivity contribution in [2.75, 3.05) is 34.2 Å². The summed E-state index contributed by atoms with van der Waals surface area (Å²) in [6.07, 6.45) is -1.56. The molecule has 0 amide bonds. The van der Waals surface area contributed by atoms with Crippen molar-refractivity contribution in [3.05, 3.63) is 47.5 Å². The van der Waals surface area contributed by atoms with E-state index < -0.39 is 12.2 Å². The van der Waals surface area contributed by atoms with Gasteiger partial charge in [0.05, 0.1) is 39.4 Å². The van der Waals surface area contributed by atoms with Crippen LogP contribution in [0.5, 0.6) is 23.0 Å². The van der Waals surface area contributed by atoms with Gasteiger partial charge in [-0.1, -0.05) is 12.1 Å². The van der Waals surface area contributed by atoms with Gasteiger partial charge < -0.3 is 28.8 Å². The second-order valence-corrected chi connectivity index (χ2v) is 7.48. The van der Waals surface area contributed by atoms with Crippen LogP contribution in [0.1, 0.15) is 22.5 Å². The van der Waals surface area contributed by atoms with Gasteiger partial charge in [0.1, 0.15) is 17.6 Å². The fourth-order valence-electron chi connectivity index (χ4n) is 3.23.